The largest absolute Gasteiger partial charge is 0.294 e. The molecule has 1 radical (unpaired) electrons. The zero-order valence-electron chi connectivity index (χ0n) is 7.64. The van der Waals surface area contributed by atoms with Crippen molar-refractivity contribution in [1.82, 2.24) is 4.72 Å². The number of carbonyl (C=O) groups excluding carboxylic acids is 2. The maximum atomic E-state index is 11.6. The van der Waals surface area contributed by atoms with Crippen molar-refractivity contribution in [3.05, 3.63) is 35.4 Å². The number of carbonyl (C=O) groups is 2. The maximum absolute atomic E-state index is 11.6. The van der Waals surface area contributed by atoms with Gasteiger partial charge < -0.3 is 0 Å². The summed E-state index contributed by atoms with van der Waals surface area (Å²) in [5, 5.41) is 0. The third-order valence-corrected chi connectivity index (χ3v) is 3.41. The van der Waals surface area contributed by atoms with Crippen molar-refractivity contribution < 1.29 is 9.59 Å². The second-order valence-corrected chi connectivity index (χ2v) is 4.25. The van der Waals surface area contributed by atoms with Gasteiger partial charge in [0.15, 0.2) is 5.78 Å². The lowest BCUT2D eigenvalue weighted by Crippen LogP contribution is -2.31. The van der Waals surface area contributed by atoms with Crippen LogP contribution in [0.15, 0.2) is 29.2 Å². The fraction of sp³-hybridized carbons (Fsp3) is 0.0909. The van der Waals surface area contributed by atoms with Gasteiger partial charge in [-0.3, -0.25) is 9.59 Å². The minimum Gasteiger partial charge on any atom is -0.294 e. The fourth-order valence-electron chi connectivity index (χ4n) is 1.90. The highest BCUT2D eigenvalue weighted by atomic mass is 32.2. The monoisotopic (exact) mass is 216 g/mol. The van der Waals surface area contributed by atoms with Gasteiger partial charge in [-0.2, -0.15) is 4.72 Å². The molecule has 1 unspecified atom stereocenters. The average Bonchev–Trinajstić information content (AvgIpc) is 2.25. The van der Waals surface area contributed by atoms with E-state index < -0.39 is 5.92 Å². The van der Waals surface area contributed by atoms with E-state index >= 15 is 0 Å². The number of hydrogen-bond donors (Lipinski definition) is 0. The van der Waals surface area contributed by atoms with Crippen molar-refractivity contribution in [3.8, 4) is 0 Å². The maximum Gasteiger partial charge on any atom is 0.268 e. The summed E-state index contributed by atoms with van der Waals surface area (Å²) in [6.45, 7) is 0. The van der Waals surface area contributed by atoms with Gasteiger partial charge in [-0.05, 0) is 23.3 Å². The van der Waals surface area contributed by atoms with E-state index in [2.05, 4.69) is 4.72 Å². The van der Waals surface area contributed by atoms with Crippen LogP contribution in [0.4, 0.5) is 0 Å². The van der Waals surface area contributed by atoms with Gasteiger partial charge in [0.1, 0.15) is 5.92 Å². The Balaban J connectivity index is 2.31. The lowest BCUT2D eigenvalue weighted by atomic mass is 9.85. The second kappa shape index (κ2) is 2.97. The summed E-state index contributed by atoms with van der Waals surface area (Å²) in [7, 11) is 0. The first kappa shape index (κ1) is 8.73. The summed E-state index contributed by atoms with van der Waals surface area (Å²) in [6, 6.07) is 5.70. The summed E-state index contributed by atoms with van der Waals surface area (Å²) >= 11 is 1.16. The number of benzene rings is 1. The van der Waals surface area contributed by atoms with Gasteiger partial charge in [0.25, 0.3) is 5.91 Å². The molecule has 0 fully saturated rings. The van der Waals surface area contributed by atoms with Crippen LogP contribution >= 0.6 is 11.9 Å². The standard InChI is InChI=1S/C11H6NO2S/c13-7-5-4-6-2-1-3-8-9(6)10(7)11(14)12-15-8/h1-5,10H. The molecular weight excluding hydrogens is 210 g/mol. The first-order valence-electron chi connectivity index (χ1n) is 4.54. The zero-order chi connectivity index (χ0) is 10.4. The Morgan fingerprint density at radius 1 is 1.20 bits per heavy atom. The van der Waals surface area contributed by atoms with Crippen molar-refractivity contribution >= 4 is 29.7 Å². The van der Waals surface area contributed by atoms with Crippen LogP contribution in [-0.4, -0.2) is 11.7 Å². The van der Waals surface area contributed by atoms with E-state index in [9.17, 15) is 9.59 Å². The molecule has 0 saturated heterocycles. The van der Waals surface area contributed by atoms with E-state index in [1.54, 1.807) is 6.08 Å². The molecule has 3 rings (SSSR count). The number of ketones is 1. The van der Waals surface area contributed by atoms with Gasteiger partial charge in [0.05, 0.1) is 0 Å². The number of hydrogen-bond acceptors (Lipinski definition) is 3. The summed E-state index contributed by atoms with van der Waals surface area (Å²) in [6.07, 6.45) is 3.22. The SMILES string of the molecule is O=C1C=Cc2cccc3c2C1C(=O)[N]S3. The molecule has 0 aromatic heterocycles. The van der Waals surface area contributed by atoms with Crippen molar-refractivity contribution in [2.75, 3.05) is 0 Å². The summed E-state index contributed by atoms with van der Waals surface area (Å²) < 4.78 is 3.77. The Kier molecular flexibility index (Phi) is 1.73. The number of amides is 1. The Hall–Kier alpha value is -1.55. The van der Waals surface area contributed by atoms with Crippen LogP contribution in [0.1, 0.15) is 17.0 Å². The molecule has 0 bridgehead atoms. The highest BCUT2D eigenvalue weighted by Gasteiger charge is 2.37. The van der Waals surface area contributed by atoms with Gasteiger partial charge >= 0.3 is 0 Å². The number of rotatable bonds is 0. The minimum absolute atomic E-state index is 0.163. The van der Waals surface area contributed by atoms with Crippen LogP contribution in [0.5, 0.6) is 0 Å². The summed E-state index contributed by atoms with van der Waals surface area (Å²) in [5.74, 6) is -1.19. The molecule has 1 aromatic carbocycles. The second-order valence-electron chi connectivity index (χ2n) is 3.45. The highest BCUT2D eigenvalue weighted by molar-refractivity contribution is 7.98. The van der Waals surface area contributed by atoms with Gasteiger partial charge in [0.2, 0.25) is 0 Å². The summed E-state index contributed by atoms with van der Waals surface area (Å²) in [4.78, 5) is 24.1. The molecule has 1 amide bonds. The number of allylic oxidation sites excluding steroid dienone is 1. The van der Waals surface area contributed by atoms with Crippen LogP contribution in [0.3, 0.4) is 0 Å². The molecule has 3 nitrogen and oxygen atoms in total. The quantitative estimate of drug-likeness (QED) is 0.488. The normalized spacial score (nSPS) is 22.3. The third kappa shape index (κ3) is 1.15. The lowest BCUT2D eigenvalue weighted by molar-refractivity contribution is -0.127. The van der Waals surface area contributed by atoms with E-state index in [1.807, 2.05) is 18.2 Å². The molecule has 0 spiro atoms. The molecule has 4 heteroatoms. The van der Waals surface area contributed by atoms with E-state index in [1.165, 1.54) is 6.08 Å². The zero-order valence-corrected chi connectivity index (χ0v) is 8.45. The van der Waals surface area contributed by atoms with Crippen LogP contribution in [0.25, 0.3) is 6.08 Å². The topological polar surface area (TPSA) is 48.2 Å². The predicted octanol–water partition coefficient (Wildman–Crippen LogP) is 1.52. The fourth-order valence-corrected chi connectivity index (χ4v) is 2.66. The van der Waals surface area contributed by atoms with Crippen molar-refractivity contribution in [3.63, 3.8) is 0 Å². The van der Waals surface area contributed by atoms with Gasteiger partial charge in [-0.25, -0.2) is 0 Å². The van der Waals surface area contributed by atoms with E-state index in [4.69, 9.17) is 0 Å². The van der Waals surface area contributed by atoms with Crippen LogP contribution in [0, 0.1) is 0 Å². The van der Waals surface area contributed by atoms with Crippen LogP contribution in [0.2, 0.25) is 0 Å². The molecule has 1 heterocycles. The van der Waals surface area contributed by atoms with Gasteiger partial charge in [0, 0.05) is 16.8 Å². The molecule has 2 aliphatic rings. The molecule has 1 aromatic rings. The molecule has 1 aliphatic heterocycles. The molecule has 73 valence electrons. The Morgan fingerprint density at radius 2 is 2.07 bits per heavy atom. The molecule has 1 atom stereocenters. The lowest BCUT2D eigenvalue weighted by Gasteiger charge is -2.25. The van der Waals surface area contributed by atoms with E-state index in [0.717, 1.165) is 28.0 Å². The van der Waals surface area contributed by atoms with Crippen LogP contribution in [-0.2, 0) is 9.59 Å². The molecule has 15 heavy (non-hydrogen) atoms. The molecule has 0 saturated carbocycles. The number of nitrogens with zero attached hydrogens (tertiary/aromatic N) is 1. The minimum atomic E-state index is -0.692. The first-order chi connectivity index (χ1) is 7.27. The molecular formula is C11H6NO2S. The Bertz CT molecular complexity index is 507. The smallest absolute Gasteiger partial charge is 0.268 e. The van der Waals surface area contributed by atoms with E-state index in [0.29, 0.717) is 0 Å². The molecule has 0 N–H and O–H groups in total. The average molecular weight is 216 g/mol. The summed E-state index contributed by atoms with van der Waals surface area (Å²) in [5.41, 5.74) is 1.78. The predicted molar refractivity (Wildman–Crippen MR) is 56.2 cm³/mol. The third-order valence-electron chi connectivity index (χ3n) is 2.58. The first-order valence-corrected chi connectivity index (χ1v) is 5.31. The van der Waals surface area contributed by atoms with Crippen LogP contribution < -0.4 is 4.72 Å². The van der Waals surface area contributed by atoms with Gasteiger partial charge in [-0.15, -0.1) is 0 Å². The highest BCUT2D eigenvalue weighted by Crippen LogP contribution is 2.39. The van der Waals surface area contributed by atoms with Crippen molar-refractivity contribution in [2.45, 2.75) is 10.8 Å². The molecule has 1 aliphatic carbocycles. The van der Waals surface area contributed by atoms with Gasteiger partial charge in [-0.1, -0.05) is 18.2 Å². The van der Waals surface area contributed by atoms with Crippen molar-refractivity contribution in [2.24, 2.45) is 0 Å². The van der Waals surface area contributed by atoms with Crippen molar-refractivity contribution in [1.29, 1.82) is 0 Å². The Labute approximate surface area is 90.7 Å². The van der Waals surface area contributed by atoms with E-state index in [-0.39, 0.29) is 11.7 Å². The Morgan fingerprint density at radius 3 is 2.93 bits per heavy atom.